The van der Waals surface area contributed by atoms with Gasteiger partial charge >= 0.3 is 0 Å². The molecule has 2 aromatic carbocycles. The van der Waals surface area contributed by atoms with Gasteiger partial charge in [0.15, 0.2) is 0 Å². The van der Waals surface area contributed by atoms with Crippen LogP contribution < -0.4 is 14.8 Å². The molecule has 0 aliphatic carbocycles. The SMILES string of the molecule is COc1ccc(NS(=O)(=O)c2cccc(NC(=O)/C=C/c3ccc(C)s3)c2)cc1. The van der Waals surface area contributed by atoms with E-state index < -0.39 is 10.0 Å². The summed E-state index contributed by atoms with van der Waals surface area (Å²) in [5.74, 6) is 0.289. The van der Waals surface area contributed by atoms with Crippen molar-refractivity contribution in [1.29, 1.82) is 0 Å². The largest absolute Gasteiger partial charge is 0.497 e. The highest BCUT2D eigenvalue weighted by Gasteiger charge is 2.15. The van der Waals surface area contributed by atoms with Crippen LogP contribution in [0.4, 0.5) is 11.4 Å². The van der Waals surface area contributed by atoms with Gasteiger partial charge in [-0.25, -0.2) is 8.42 Å². The molecule has 3 rings (SSSR count). The van der Waals surface area contributed by atoms with Gasteiger partial charge < -0.3 is 10.1 Å². The maximum Gasteiger partial charge on any atom is 0.261 e. The van der Waals surface area contributed by atoms with Crippen molar-refractivity contribution in [2.75, 3.05) is 17.1 Å². The first-order valence-electron chi connectivity index (χ1n) is 8.68. The summed E-state index contributed by atoms with van der Waals surface area (Å²) >= 11 is 1.58. The number of carbonyl (C=O) groups is 1. The standard InChI is InChI=1S/C21H20N2O4S2/c1-15-6-11-19(28-15)12-13-21(24)22-17-4-3-5-20(14-17)29(25,26)23-16-7-9-18(27-2)10-8-16/h3-14,23H,1-2H3,(H,22,24)/b13-12+. The second-order valence-corrected chi connectivity index (χ2v) is 9.13. The lowest BCUT2D eigenvalue weighted by molar-refractivity contribution is -0.111. The van der Waals surface area contributed by atoms with E-state index in [4.69, 9.17) is 4.74 Å². The molecule has 0 bridgehead atoms. The number of aryl methyl sites for hydroxylation is 1. The Morgan fingerprint density at radius 3 is 2.45 bits per heavy atom. The number of methoxy groups -OCH3 is 1. The zero-order valence-corrected chi connectivity index (χ0v) is 17.5. The van der Waals surface area contributed by atoms with Crippen molar-refractivity contribution in [1.82, 2.24) is 0 Å². The molecular formula is C21H20N2O4S2. The predicted molar refractivity (Wildman–Crippen MR) is 117 cm³/mol. The fourth-order valence-corrected chi connectivity index (χ4v) is 4.38. The highest BCUT2D eigenvalue weighted by atomic mass is 32.2. The highest BCUT2D eigenvalue weighted by molar-refractivity contribution is 7.92. The van der Waals surface area contributed by atoms with Crippen LogP contribution in [0.5, 0.6) is 5.75 Å². The van der Waals surface area contributed by atoms with Crippen molar-refractivity contribution in [2.45, 2.75) is 11.8 Å². The zero-order chi connectivity index (χ0) is 20.9. The zero-order valence-electron chi connectivity index (χ0n) is 15.9. The third-order valence-electron chi connectivity index (χ3n) is 3.91. The minimum Gasteiger partial charge on any atom is -0.497 e. The average molecular weight is 429 g/mol. The van der Waals surface area contributed by atoms with Crippen molar-refractivity contribution in [2.24, 2.45) is 0 Å². The van der Waals surface area contributed by atoms with Crippen molar-refractivity contribution in [3.05, 3.63) is 76.5 Å². The molecule has 150 valence electrons. The molecule has 0 atom stereocenters. The number of anilines is 2. The Morgan fingerprint density at radius 1 is 1.03 bits per heavy atom. The van der Waals surface area contributed by atoms with Crippen LogP contribution in [-0.4, -0.2) is 21.4 Å². The normalized spacial score (nSPS) is 11.4. The summed E-state index contributed by atoms with van der Waals surface area (Å²) in [6, 6.07) is 16.5. The molecule has 0 aliphatic heterocycles. The van der Waals surface area contributed by atoms with Crippen LogP contribution in [0.25, 0.3) is 6.08 Å². The minimum absolute atomic E-state index is 0.0454. The van der Waals surface area contributed by atoms with Gasteiger partial charge in [-0.2, -0.15) is 0 Å². The van der Waals surface area contributed by atoms with E-state index in [2.05, 4.69) is 10.0 Å². The quantitative estimate of drug-likeness (QED) is 0.542. The van der Waals surface area contributed by atoms with Crippen molar-refractivity contribution in [3.8, 4) is 5.75 Å². The molecule has 0 unspecified atom stereocenters. The lowest BCUT2D eigenvalue weighted by Gasteiger charge is -2.10. The molecule has 3 aromatic rings. The lowest BCUT2D eigenvalue weighted by Crippen LogP contribution is -2.14. The van der Waals surface area contributed by atoms with Gasteiger partial charge in [0.25, 0.3) is 10.0 Å². The Bertz CT molecular complexity index is 1130. The maximum atomic E-state index is 12.6. The predicted octanol–water partition coefficient (Wildman–Crippen LogP) is 4.52. The minimum atomic E-state index is -3.80. The summed E-state index contributed by atoms with van der Waals surface area (Å²) < 4.78 is 32.8. The maximum absolute atomic E-state index is 12.6. The van der Waals surface area contributed by atoms with Gasteiger partial charge in [0.1, 0.15) is 5.75 Å². The number of benzene rings is 2. The number of rotatable bonds is 7. The molecular weight excluding hydrogens is 408 g/mol. The Morgan fingerprint density at radius 2 is 1.79 bits per heavy atom. The summed E-state index contributed by atoms with van der Waals surface area (Å²) in [7, 11) is -2.26. The van der Waals surface area contributed by atoms with E-state index in [1.807, 2.05) is 19.1 Å². The van der Waals surface area contributed by atoms with Crippen LogP contribution in [0.1, 0.15) is 9.75 Å². The van der Waals surface area contributed by atoms with E-state index in [0.29, 0.717) is 17.1 Å². The molecule has 1 amide bonds. The number of nitrogens with one attached hydrogen (secondary N) is 2. The first kappa shape index (κ1) is 20.6. The third-order valence-corrected chi connectivity index (χ3v) is 6.26. The van der Waals surface area contributed by atoms with Gasteiger partial charge in [-0.1, -0.05) is 6.07 Å². The van der Waals surface area contributed by atoms with Crippen molar-refractivity contribution < 1.29 is 17.9 Å². The van der Waals surface area contributed by atoms with Gasteiger partial charge in [0.05, 0.1) is 12.0 Å². The van der Waals surface area contributed by atoms with Crippen molar-refractivity contribution >= 4 is 44.7 Å². The molecule has 0 aliphatic rings. The molecule has 0 saturated carbocycles. The molecule has 8 heteroatoms. The van der Waals surface area contributed by atoms with E-state index in [9.17, 15) is 13.2 Å². The summed E-state index contributed by atoms with van der Waals surface area (Å²) in [6.45, 7) is 1.99. The number of sulfonamides is 1. The van der Waals surface area contributed by atoms with Gasteiger partial charge in [0.2, 0.25) is 5.91 Å². The van der Waals surface area contributed by atoms with E-state index in [0.717, 1.165) is 9.75 Å². The number of hydrogen-bond donors (Lipinski definition) is 2. The number of thiophene rings is 1. The smallest absolute Gasteiger partial charge is 0.261 e. The van der Waals surface area contributed by atoms with Gasteiger partial charge in [-0.05, 0) is 67.6 Å². The fourth-order valence-electron chi connectivity index (χ4n) is 2.50. The molecule has 2 N–H and O–H groups in total. The Balaban J connectivity index is 1.70. The number of amides is 1. The second-order valence-electron chi connectivity index (χ2n) is 6.13. The summed E-state index contributed by atoms with van der Waals surface area (Å²) in [5, 5.41) is 2.68. The first-order chi connectivity index (χ1) is 13.9. The van der Waals surface area contributed by atoms with Crippen LogP contribution in [0, 0.1) is 6.92 Å². The van der Waals surface area contributed by atoms with Crippen molar-refractivity contribution in [3.63, 3.8) is 0 Å². The highest BCUT2D eigenvalue weighted by Crippen LogP contribution is 2.21. The average Bonchev–Trinajstić information content (AvgIpc) is 3.12. The molecule has 0 spiro atoms. The Hall–Kier alpha value is -3.10. The summed E-state index contributed by atoms with van der Waals surface area (Å²) in [4.78, 5) is 14.3. The Labute approximate surface area is 173 Å². The number of carbonyl (C=O) groups excluding carboxylic acids is 1. The van der Waals surface area contributed by atoms with E-state index in [1.165, 1.54) is 25.3 Å². The summed E-state index contributed by atoms with van der Waals surface area (Å²) in [6.07, 6.45) is 3.14. The van der Waals surface area contributed by atoms with Crippen LogP contribution in [0.2, 0.25) is 0 Å². The van der Waals surface area contributed by atoms with Crippen LogP contribution >= 0.6 is 11.3 Å². The first-order valence-corrected chi connectivity index (χ1v) is 11.0. The van der Waals surface area contributed by atoms with Gasteiger partial charge in [0, 0.05) is 27.2 Å². The monoisotopic (exact) mass is 428 g/mol. The molecule has 1 aromatic heterocycles. The fraction of sp³-hybridized carbons (Fsp3) is 0.0952. The van der Waals surface area contributed by atoms with Crippen LogP contribution in [0.3, 0.4) is 0 Å². The van der Waals surface area contributed by atoms with E-state index in [-0.39, 0.29) is 10.8 Å². The number of hydrogen-bond acceptors (Lipinski definition) is 5. The van der Waals surface area contributed by atoms with E-state index >= 15 is 0 Å². The molecule has 0 radical (unpaired) electrons. The van der Waals surface area contributed by atoms with Crippen LogP contribution in [0.15, 0.2) is 71.6 Å². The van der Waals surface area contributed by atoms with E-state index in [1.54, 1.807) is 53.8 Å². The van der Waals surface area contributed by atoms with Gasteiger partial charge in [-0.15, -0.1) is 11.3 Å². The third kappa shape index (κ3) is 5.69. The molecule has 29 heavy (non-hydrogen) atoms. The molecule has 0 fully saturated rings. The lowest BCUT2D eigenvalue weighted by atomic mass is 10.3. The molecule has 6 nitrogen and oxygen atoms in total. The molecule has 0 saturated heterocycles. The topological polar surface area (TPSA) is 84.5 Å². The second kappa shape index (κ2) is 8.93. The molecule has 1 heterocycles. The number of ether oxygens (including phenoxy) is 1. The summed E-state index contributed by atoms with van der Waals surface area (Å²) in [5.41, 5.74) is 0.800. The Kier molecular flexibility index (Phi) is 6.36. The van der Waals surface area contributed by atoms with Gasteiger partial charge in [-0.3, -0.25) is 9.52 Å². The van der Waals surface area contributed by atoms with Crippen LogP contribution in [-0.2, 0) is 14.8 Å².